The van der Waals surface area contributed by atoms with E-state index >= 15 is 0 Å². The molecule has 1 aliphatic heterocycles. The highest BCUT2D eigenvalue weighted by Crippen LogP contribution is 2.33. The molecule has 148 valence electrons. The molecule has 2 fully saturated rings. The number of likely N-dealkylation sites (tertiary alicyclic amines) is 1. The summed E-state index contributed by atoms with van der Waals surface area (Å²) < 4.78 is 5.20. The second-order valence-electron chi connectivity index (χ2n) is 7.58. The average molecular weight is 384 g/mol. The Hall–Kier alpha value is -2.90. The van der Waals surface area contributed by atoms with E-state index < -0.39 is 6.09 Å². The van der Waals surface area contributed by atoms with Crippen molar-refractivity contribution in [2.45, 2.75) is 51.6 Å². The number of rotatable bonds is 4. The molecule has 28 heavy (non-hydrogen) atoms. The standard InChI is InChI=1S/C20H24N4O4/c1-12-18(13(2)28-22-12)17-6-3-14(11-21-17)19(25)24(15-4-5-15)16-7-9-23(10-8-16)20(26)27/h3,6,11,15-16H,4-5,7-10H2,1-2H3,(H,26,27). The van der Waals surface area contributed by atoms with Crippen LogP contribution in [0.2, 0.25) is 0 Å². The van der Waals surface area contributed by atoms with Gasteiger partial charge in [-0.3, -0.25) is 9.78 Å². The molecule has 0 radical (unpaired) electrons. The molecule has 1 saturated heterocycles. The molecule has 8 heteroatoms. The summed E-state index contributed by atoms with van der Waals surface area (Å²) in [7, 11) is 0. The lowest BCUT2D eigenvalue weighted by Crippen LogP contribution is -2.49. The van der Waals surface area contributed by atoms with Crippen LogP contribution in [-0.4, -0.2) is 62.2 Å². The lowest BCUT2D eigenvalue weighted by atomic mass is 10.0. The fourth-order valence-electron chi connectivity index (χ4n) is 3.98. The van der Waals surface area contributed by atoms with Crippen LogP contribution in [0, 0.1) is 13.8 Å². The van der Waals surface area contributed by atoms with Gasteiger partial charge in [-0.2, -0.15) is 0 Å². The minimum absolute atomic E-state index is 0.0194. The van der Waals surface area contributed by atoms with Crippen molar-refractivity contribution < 1.29 is 19.2 Å². The van der Waals surface area contributed by atoms with Gasteiger partial charge in [0.05, 0.1) is 22.5 Å². The molecule has 8 nitrogen and oxygen atoms in total. The fourth-order valence-corrected chi connectivity index (χ4v) is 3.98. The number of aromatic nitrogens is 2. The molecule has 0 atom stereocenters. The Labute approximate surface area is 163 Å². The highest BCUT2D eigenvalue weighted by Gasteiger charge is 2.39. The van der Waals surface area contributed by atoms with Crippen LogP contribution in [0.4, 0.5) is 4.79 Å². The number of hydrogen-bond acceptors (Lipinski definition) is 5. The molecule has 2 amide bonds. The monoisotopic (exact) mass is 384 g/mol. The minimum atomic E-state index is -0.887. The molecular weight excluding hydrogens is 360 g/mol. The lowest BCUT2D eigenvalue weighted by molar-refractivity contribution is 0.0551. The third-order valence-electron chi connectivity index (χ3n) is 5.60. The first-order valence-corrected chi connectivity index (χ1v) is 9.65. The van der Waals surface area contributed by atoms with Crippen molar-refractivity contribution in [3.05, 3.63) is 35.3 Å². The number of nitrogens with zero attached hydrogens (tertiary/aromatic N) is 4. The quantitative estimate of drug-likeness (QED) is 0.869. The highest BCUT2D eigenvalue weighted by molar-refractivity contribution is 5.95. The number of aryl methyl sites for hydroxylation is 2. The van der Waals surface area contributed by atoms with Crippen LogP contribution in [-0.2, 0) is 0 Å². The molecule has 0 aromatic carbocycles. The Morgan fingerprint density at radius 3 is 2.32 bits per heavy atom. The molecule has 1 saturated carbocycles. The fraction of sp³-hybridized carbons (Fsp3) is 0.500. The van der Waals surface area contributed by atoms with Gasteiger partial charge in [0.25, 0.3) is 5.91 Å². The smallest absolute Gasteiger partial charge is 0.407 e. The van der Waals surface area contributed by atoms with E-state index in [4.69, 9.17) is 9.63 Å². The molecule has 4 rings (SSSR count). The predicted octanol–water partition coefficient (Wildman–Crippen LogP) is 3.10. The normalized spacial score (nSPS) is 17.6. The van der Waals surface area contributed by atoms with Gasteiger partial charge >= 0.3 is 6.09 Å². The van der Waals surface area contributed by atoms with Gasteiger partial charge in [0, 0.05) is 31.4 Å². The predicted molar refractivity (Wildman–Crippen MR) is 101 cm³/mol. The summed E-state index contributed by atoms with van der Waals surface area (Å²) >= 11 is 0. The molecule has 2 aromatic rings. The van der Waals surface area contributed by atoms with Crippen LogP contribution < -0.4 is 0 Å². The maximum atomic E-state index is 13.2. The van der Waals surface area contributed by atoms with E-state index in [-0.39, 0.29) is 18.0 Å². The highest BCUT2D eigenvalue weighted by atomic mass is 16.5. The number of carboxylic acid groups (broad SMARTS) is 1. The third-order valence-corrected chi connectivity index (χ3v) is 5.60. The molecule has 0 spiro atoms. The summed E-state index contributed by atoms with van der Waals surface area (Å²) in [6.45, 7) is 4.65. The third kappa shape index (κ3) is 3.46. The molecule has 1 aliphatic carbocycles. The van der Waals surface area contributed by atoms with Crippen LogP contribution >= 0.6 is 0 Å². The summed E-state index contributed by atoms with van der Waals surface area (Å²) in [6, 6.07) is 3.98. The van der Waals surface area contributed by atoms with Crippen molar-refractivity contribution in [2.24, 2.45) is 0 Å². The number of carbonyl (C=O) groups excluding carboxylic acids is 1. The van der Waals surface area contributed by atoms with Crippen molar-refractivity contribution >= 4 is 12.0 Å². The second-order valence-corrected chi connectivity index (χ2v) is 7.58. The molecular formula is C20H24N4O4. The van der Waals surface area contributed by atoms with E-state index in [0.717, 1.165) is 29.8 Å². The van der Waals surface area contributed by atoms with Crippen molar-refractivity contribution in [3.8, 4) is 11.3 Å². The van der Waals surface area contributed by atoms with Gasteiger partial charge in [-0.25, -0.2) is 4.79 Å². The first-order chi connectivity index (χ1) is 13.5. The molecule has 2 aliphatic rings. The van der Waals surface area contributed by atoms with Crippen molar-refractivity contribution in [1.29, 1.82) is 0 Å². The van der Waals surface area contributed by atoms with E-state index in [2.05, 4.69) is 10.1 Å². The average Bonchev–Trinajstić information content (AvgIpc) is 3.47. The number of amides is 2. The molecule has 2 aromatic heterocycles. The van der Waals surface area contributed by atoms with Gasteiger partial charge in [-0.05, 0) is 51.7 Å². The van der Waals surface area contributed by atoms with Crippen LogP contribution in [0.5, 0.6) is 0 Å². The van der Waals surface area contributed by atoms with Crippen molar-refractivity contribution in [3.63, 3.8) is 0 Å². The van der Waals surface area contributed by atoms with Gasteiger partial charge in [-0.15, -0.1) is 0 Å². The van der Waals surface area contributed by atoms with E-state index in [0.29, 0.717) is 37.3 Å². The van der Waals surface area contributed by atoms with Crippen LogP contribution in [0.1, 0.15) is 47.5 Å². The van der Waals surface area contributed by atoms with Crippen molar-refractivity contribution in [2.75, 3.05) is 13.1 Å². The number of pyridine rings is 1. The maximum absolute atomic E-state index is 13.2. The zero-order valence-electron chi connectivity index (χ0n) is 16.1. The summed E-state index contributed by atoms with van der Waals surface area (Å²) in [6.07, 6.45) is 4.11. The Morgan fingerprint density at radius 1 is 1.14 bits per heavy atom. The first kappa shape index (κ1) is 18.5. The largest absolute Gasteiger partial charge is 0.465 e. The second kappa shape index (κ2) is 7.26. The number of piperidine rings is 1. The zero-order valence-corrected chi connectivity index (χ0v) is 16.1. The maximum Gasteiger partial charge on any atom is 0.407 e. The van der Waals surface area contributed by atoms with Gasteiger partial charge in [-0.1, -0.05) is 5.16 Å². The van der Waals surface area contributed by atoms with Crippen LogP contribution in [0.3, 0.4) is 0 Å². The zero-order chi connectivity index (χ0) is 19.8. The van der Waals surface area contributed by atoms with E-state index in [1.54, 1.807) is 12.3 Å². The van der Waals surface area contributed by atoms with E-state index in [1.165, 1.54) is 4.90 Å². The topological polar surface area (TPSA) is 99.8 Å². The summed E-state index contributed by atoms with van der Waals surface area (Å²) in [5.41, 5.74) is 2.93. The molecule has 1 N–H and O–H groups in total. The van der Waals surface area contributed by atoms with E-state index in [9.17, 15) is 9.59 Å². The number of carbonyl (C=O) groups is 2. The summed E-state index contributed by atoms with van der Waals surface area (Å²) in [5.74, 6) is 0.683. The number of hydrogen-bond donors (Lipinski definition) is 1. The van der Waals surface area contributed by atoms with Crippen molar-refractivity contribution in [1.82, 2.24) is 19.9 Å². The summed E-state index contributed by atoms with van der Waals surface area (Å²) in [5, 5.41) is 13.1. The Kier molecular flexibility index (Phi) is 4.78. The summed E-state index contributed by atoms with van der Waals surface area (Å²) in [4.78, 5) is 32.2. The lowest BCUT2D eigenvalue weighted by Gasteiger charge is -2.38. The van der Waals surface area contributed by atoms with Gasteiger partial charge in [0.15, 0.2) is 0 Å². The Morgan fingerprint density at radius 2 is 1.82 bits per heavy atom. The first-order valence-electron chi connectivity index (χ1n) is 9.65. The Balaban J connectivity index is 1.51. The van der Waals surface area contributed by atoms with Crippen LogP contribution in [0.15, 0.2) is 22.9 Å². The van der Waals surface area contributed by atoms with Gasteiger partial charge < -0.3 is 19.4 Å². The Bertz CT molecular complexity index is 861. The SMILES string of the molecule is Cc1noc(C)c1-c1ccc(C(=O)N(C2CC2)C2CCN(C(=O)O)CC2)cn1. The minimum Gasteiger partial charge on any atom is -0.465 e. The molecule has 0 unspecified atom stereocenters. The van der Waals surface area contributed by atoms with Gasteiger partial charge in [0.1, 0.15) is 5.76 Å². The van der Waals surface area contributed by atoms with E-state index in [1.807, 2.05) is 24.8 Å². The molecule has 0 bridgehead atoms. The van der Waals surface area contributed by atoms with Crippen LogP contribution in [0.25, 0.3) is 11.3 Å². The molecule has 3 heterocycles. The van der Waals surface area contributed by atoms with Gasteiger partial charge in [0.2, 0.25) is 0 Å².